The number of fused-ring (bicyclic) bond motifs is 1. The van der Waals surface area contributed by atoms with Gasteiger partial charge in [-0.1, -0.05) is 58.4 Å². The van der Waals surface area contributed by atoms with E-state index in [-0.39, 0.29) is 10.8 Å². The van der Waals surface area contributed by atoms with E-state index in [1.54, 1.807) is 0 Å². The number of hydrogen-bond donors (Lipinski definition) is 0. The van der Waals surface area contributed by atoms with Gasteiger partial charge in [-0.2, -0.15) is 23.8 Å². The first-order chi connectivity index (χ1) is 12.8. The molecule has 0 aliphatic rings. The molecule has 0 spiro atoms. The van der Waals surface area contributed by atoms with Crippen LogP contribution < -0.4 is 0 Å². The van der Waals surface area contributed by atoms with E-state index in [9.17, 15) is 0 Å². The molecule has 0 amide bonds. The monoisotopic (exact) mass is 510 g/mol. The zero-order valence-corrected chi connectivity index (χ0v) is 23.5. The van der Waals surface area contributed by atoms with Crippen LogP contribution in [0.1, 0.15) is 52.7 Å². The molecule has 3 rings (SSSR count). The molecule has 3 aromatic rings. The Labute approximate surface area is 187 Å². The Balaban J connectivity index is 0.000000229. The van der Waals surface area contributed by atoms with Crippen LogP contribution in [0.5, 0.6) is 0 Å². The second kappa shape index (κ2) is 11.3. The molecule has 0 aromatic heterocycles. The molecule has 0 aliphatic carbocycles. The van der Waals surface area contributed by atoms with Crippen molar-refractivity contribution in [2.75, 3.05) is 0 Å². The van der Waals surface area contributed by atoms with Crippen molar-refractivity contribution in [2.24, 2.45) is 0 Å². The topological polar surface area (TPSA) is 0 Å². The summed E-state index contributed by atoms with van der Waals surface area (Å²) in [5.74, 6) is 0. The van der Waals surface area contributed by atoms with Gasteiger partial charge in [-0.25, -0.2) is 6.07 Å². The van der Waals surface area contributed by atoms with Crippen LogP contribution in [-0.2, 0) is 28.8 Å². The summed E-state index contributed by atoms with van der Waals surface area (Å²) in [6, 6.07) is 21.5. The van der Waals surface area contributed by atoms with Gasteiger partial charge in [-0.05, 0) is 0 Å². The maximum absolute atomic E-state index is 5.62. The predicted octanol–water partition coefficient (Wildman–Crippen LogP) is 8.72. The Kier molecular flexibility index (Phi) is 10.5. The van der Waals surface area contributed by atoms with Crippen molar-refractivity contribution in [1.82, 2.24) is 0 Å². The van der Waals surface area contributed by atoms with Crippen LogP contribution in [0.25, 0.3) is 10.8 Å². The Bertz CT molecular complexity index is 857. The summed E-state index contributed by atoms with van der Waals surface area (Å²) in [6.07, 6.45) is 0. The van der Waals surface area contributed by atoms with Gasteiger partial charge in [-0.15, -0.1) is 46.7 Å². The van der Waals surface area contributed by atoms with E-state index >= 15 is 0 Å². The molecule has 0 saturated carbocycles. The first-order valence-corrected chi connectivity index (χ1v) is 22.2. The molecule has 0 nitrogen and oxygen atoms in total. The van der Waals surface area contributed by atoms with E-state index in [2.05, 4.69) is 115 Å². The predicted molar refractivity (Wildman–Crippen MR) is 128 cm³/mol. The van der Waals surface area contributed by atoms with Crippen molar-refractivity contribution in [1.29, 1.82) is 0 Å². The van der Waals surface area contributed by atoms with Crippen LogP contribution in [0, 0.1) is 0 Å². The normalized spacial score (nSPS) is 11.2. The number of rotatable bonds is 0. The summed E-state index contributed by atoms with van der Waals surface area (Å²) < 4.78 is 0. The number of hydrogen-bond acceptors (Lipinski definition) is 0. The summed E-state index contributed by atoms with van der Waals surface area (Å²) in [6.45, 7) is 17.8. The third kappa shape index (κ3) is 8.70. The molecule has 4 heteroatoms. The number of halogens is 2. The molecule has 0 heterocycles. The van der Waals surface area contributed by atoms with Gasteiger partial charge >= 0.3 is 53.5 Å². The SMILES string of the molecule is CC(C)(C)c1c[cH-]c2ccccc12.CC(C)(C)c1cc[cH-]c1.C[Si](C)=[Zr]([Cl])[Cl]. The van der Waals surface area contributed by atoms with Crippen LogP contribution in [0.2, 0.25) is 13.1 Å². The second-order valence-corrected chi connectivity index (χ2v) is 32.2. The quantitative estimate of drug-likeness (QED) is 0.209. The van der Waals surface area contributed by atoms with Gasteiger partial charge in [-0.3, -0.25) is 0 Å². The first kappa shape index (κ1) is 25.9. The van der Waals surface area contributed by atoms with Gasteiger partial charge in [0.25, 0.3) is 0 Å². The first-order valence-electron chi connectivity index (χ1n) is 9.69. The standard InChI is InChI=1S/C13H15.C9H13.C2H6Si.2ClH.Zr/c1-13(2,3)12-9-8-10-6-4-5-7-11(10)12;1-9(2,3)8-6-4-5-7-8;1-3-2;;;/h4-9H,1-3H3;4-7H,1-3H3;1-2H3;2*1H;/q2*-1;;;;+2/p-2. The van der Waals surface area contributed by atoms with Gasteiger partial charge in [0.05, 0.1) is 0 Å². The molecule has 0 bridgehead atoms. The third-order valence-corrected chi connectivity index (χ3v) is 24.1. The zero-order chi connectivity index (χ0) is 21.5. The van der Waals surface area contributed by atoms with Crippen LogP contribution in [0.3, 0.4) is 0 Å². The van der Waals surface area contributed by atoms with Crippen molar-refractivity contribution in [3.8, 4) is 0 Å². The van der Waals surface area contributed by atoms with Crippen LogP contribution in [-0.4, -0.2) is 5.43 Å². The van der Waals surface area contributed by atoms with Crippen molar-refractivity contribution in [3.63, 3.8) is 0 Å². The summed E-state index contributed by atoms with van der Waals surface area (Å²) in [7, 11) is 11.2. The fourth-order valence-corrected chi connectivity index (χ4v) is 2.68. The fraction of sp³-hybridized carbons (Fsp3) is 0.417. The maximum atomic E-state index is 5.62. The van der Waals surface area contributed by atoms with Gasteiger partial charge in [0, 0.05) is 0 Å². The van der Waals surface area contributed by atoms with Gasteiger partial charge in [0.1, 0.15) is 0 Å². The van der Waals surface area contributed by atoms with E-state index in [0.717, 1.165) is 0 Å². The molecule has 0 atom stereocenters. The molecule has 0 saturated heterocycles. The minimum absolute atomic E-state index is 0.224. The molecule has 3 aromatic carbocycles. The van der Waals surface area contributed by atoms with E-state index in [1.165, 1.54) is 21.9 Å². The van der Waals surface area contributed by atoms with E-state index in [4.69, 9.17) is 17.0 Å². The molecular weight excluding hydrogens is 478 g/mol. The summed E-state index contributed by atoms with van der Waals surface area (Å²) in [5, 5.41) is 2.75. The summed E-state index contributed by atoms with van der Waals surface area (Å²) >= 11 is -1.65. The molecule has 0 unspecified atom stereocenters. The van der Waals surface area contributed by atoms with E-state index in [1.807, 2.05) is 0 Å². The second-order valence-electron chi connectivity index (χ2n) is 9.27. The molecule has 0 aliphatic heterocycles. The molecule has 154 valence electrons. The van der Waals surface area contributed by atoms with Gasteiger partial charge in [0.15, 0.2) is 0 Å². The van der Waals surface area contributed by atoms with E-state index < -0.39 is 18.0 Å². The van der Waals surface area contributed by atoms with Gasteiger partial charge < -0.3 is 0 Å². The van der Waals surface area contributed by atoms with Crippen molar-refractivity contribution >= 4 is 33.2 Å². The average Bonchev–Trinajstić information content (AvgIpc) is 3.25. The Morgan fingerprint density at radius 3 is 1.82 bits per heavy atom. The van der Waals surface area contributed by atoms with Crippen LogP contribution in [0.15, 0.2) is 60.7 Å². The minimum atomic E-state index is -1.65. The Morgan fingerprint density at radius 2 is 1.43 bits per heavy atom. The Morgan fingerprint density at radius 1 is 0.857 bits per heavy atom. The molecule has 0 fully saturated rings. The van der Waals surface area contributed by atoms with Crippen molar-refractivity contribution in [2.45, 2.75) is 65.5 Å². The van der Waals surface area contributed by atoms with Crippen LogP contribution in [0.4, 0.5) is 0 Å². The summed E-state index contributed by atoms with van der Waals surface area (Å²) in [5.41, 5.74) is 3.22. The van der Waals surface area contributed by atoms with Crippen molar-refractivity contribution in [3.05, 3.63) is 71.8 Å². The van der Waals surface area contributed by atoms with Crippen molar-refractivity contribution < 1.29 is 18.0 Å². The van der Waals surface area contributed by atoms with E-state index in [0.29, 0.717) is 5.41 Å². The zero-order valence-electron chi connectivity index (χ0n) is 18.5. The number of benzene rings is 1. The molecular formula is C24H34Cl2SiZr-2. The third-order valence-electron chi connectivity index (χ3n) is 4.40. The molecule has 0 radical (unpaired) electrons. The fourth-order valence-electron chi connectivity index (χ4n) is 2.68. The summed E-state index contributed by atoms with van der Waals surface area (Å²) in [4.78, 5) is 0. The molecule has 28 heavy (non-hydrogen) atoms. The average molecular weight is 513 g/mol. The Hall–Kier alpha value is -0.140. The van der Waals surface area contributed by atoms with Crippen LogP contribution >= 0.6 is 17.0 Å². The van der Waals surface area contributed by atoms with Gasteiger partial charge in [0.2, 0.25) is 0 Å². The molecule has 0 N–H and O–H groups in total.